The maximum Gasteiger partial charge on any atom is 0.247 e. The number of benzene rings is 1. The highest BCUT2D eigenvalue weighted by molar-refractivity contribution is 5.96. The average molecular weight is 503 g/mol. The molecule has 1 heterocycles. The van der Waals surface area contributed by atoms with Gasteiger partial charge < -0.3 is 29.9 Å². The van der Waals surface area contributed by atoms with Crippen LogP contribution < -0.4 is 14.8 Å². The molecule has 0 spiro atoms. The van der Waals surface area contributed by atoms with Crippen LogP contribution in [-0.2, 0) is 9.59 Å². The van der Waals surface area contributed by atoms with E-state index in [4.69, 9.17) is 9.47 Å². The van der Waals surface area contributed by atoms with Gasteiger partial charge >= 0.3 is 0 Å². The van der Waals surface area contributed by atoms with Gasteiger partial charge in [-0.25, -0.2) is 0 Å². The zero-order valence-corrected chi connectivity index (χ0v) is 21.5. The molecule has 4 unspecified atom stereocenters. The van der Waals surface area contributed by atoms with Gasteiger partial charge in [0.2, 0.25) is 11.8 Å². The van der Waals surface area contributed by atoms with E-state index in [1.165, 1.54) is 7.11 Å². The first-order chi connectivity index (χ1) is 17.3. The Morgan fingerprint density at radius 3 is 2.67 bits per heavy atom. The first-order valence-electron chi connectivity index (χ1n) is 12.7. The fourth-order valence-electron chi connectivity index (χ4n) is 4.87. The van der Waals surface area contributed by atoms with E-state index in [1.54, 1.807) is 23.1 Å². The molecule has 9 nitrogen and oxygen atoms in total. The highest BCUT2D eigenvalue weighted by Crippen LogP contribution is 2.51. The number of nitrogens with one attached hydrogen (secondary N) is 1. The standard InChI is InChI=1S/C27H38N2O7/c1-5-6-7-22(32)29(10-8-16(2)3)20-14-19(27(34)28-9-11-30)23-18-12-17(15-31)13-21(35-4)25(18)36-26(23)24(20)33/h12-16,20,23-24,26,30,33H,5-11H2,1-4H3,(H,28,34). The van der Waals surface area contributed by atoms with Crippen LogP contribution in [0.25, 0.3) is 0 Å². The predicted molar refractivity (Wildman–Crippen MR) is 134 cm³/mol. The Balaban J connectivity index is 2.10. The number of ether oxygens (including phenoxy) is 2. The van der Waals surface area contributed by atoms with E-state index >= 15 is 0 Å². The van der Waals surface area contributed by atoms with E-state index in [9.17, 15) is 24.6 Å². The summed E-state index contributed by atoms with van der Waals surface area (Å²) >= 11 is 0. The maximum atomic E-state index is 13.3. The van der Waals surface area contributed by atoms with Gasteiger partial charge in [0.25, 0.3) is 0 Å². The minimum atomic E-state index is -1.11. The monoisotopic (exact) mass is 502 g/mol. The van der Waals surface area contributed by atoms with Crippen molar-refractivity contribution in [2.45, 2.75) is 70.6 Å². The fraction of sp³-hybridized carbons (Fsp3) is 0.593. The van der Waals surface area contributed by atoms with Crippen LogP contribution in [0.5, 0.6) is 11.5 Å². The number of aldehydes is 1. The number of aliphatic hydroxyl groups is 2. The van der Waals surface area contributed by atoms with Crippen LogP contribution in [0.1, 0.15) is 68.3 Å². The lowest BCUT2D eigenvalue weighted by atomic mass is 9.77. The first-order valence-corrected chi connectivity index (χ1v) is 12.7. The van der Waals surface area contributed by atoms with Crippen LogP contribution in [-0.4, -0.2) is 78.3 Å². The molecule has 0 aromatic heterocycles. The second-order valence-electron chi connectivity index (χ2n) is 9.78. The Morgan fingerprint density at radius 1 is 1.31 bits per heavy atom. The number of carbonyl (C=O) groups excluding carboxylic acids is 3. The Kier molecular flexibility index (Phi) is 9.50. The summed E-state index contributed by atoms with van der Waals surface area (Å²) in [5.74, 6) is -0.135. The molecule has 3 rings (SSSR count). The summed E-state index contributed by atoms with van der Waals surface area (Å²) in [4.78, 5) is 39.8. The molecule has 9 heteroatoms. The topological polar surface area (TPSA) is 125 Å². The number of methoxy groups -OCH3 is 1. The van der Waals surface area contributed by atoms with Gasteiger partial charge in [0.1, 0.15) is 18.5 Å². The molecule has 0 fully saturated rings. The molecule has 1 aromatic carbocycles. The largest absolute Gasteiger partial charge is 0.493 e. The Bertz CT molecular complexity index is 991. The highest BCUT2D eigenvalue weighted by Gasteiger charge is 2.51. The summed E-state index contributed by atoms with van der Waals surface area (Å²) in [7, 11) is 1.46. The second kappa shape index (κ2) is 12.4. The van der Waals surface area contributed by atoms with Gasteiger partial charge in [-0.05, 0) is 37.0 Å². The van der Waals surface area contributed by atoms with E-state index in [-0.39, 0.29) is 19.1 Å². The third-order valence-electron chi connectivity index (χ3n) is 6.78. The Labute approximate surface area is 212 Å². The molecule has 0 saturated carbocycles. The molecular weight excluding hydrogens is 464 g/mol. The smallest absolute Gasteiger partial charge is 0.247 e. The minimum absolute atomic E-state index is 0.0543. The molecule has 0 saturated heterocycles. The van der Waals surface area contributed by atoms with Crippen molar-refractivity contribution in [3.05, 3.63) is 34.9 Å². The van der Waals surface area contributed by atoms with Gasteiger partial charge in [0, 0.05) is 36.2 Å². The molecule has 4 atom stereocenters. The van der Waals surface area contributed by atoms with Crippen molar-refractivity contribution in [2.24, 2.45) is 5.92 Å². The minimum Gasteiger partial charge on any atom is -0.493 e. The van der Waals surface area contributed by atoms with Crippen LogP contribution in [0, 0.1) is 5.92 Å². The van der Waals surface area contributed by atoms with E-state index in [0.29, 0.717) is 53.4 Å². The number of rotatable bonds is 12. The van der Waals surface area contributed by atoms with E-state index in [1.807, 2.05) is 6.92 Å². The first kappa shape index (κ1) is 27.7. The average Bonchev–Trinajstić information content (AvgIpc) is 3.26. The number of aliphatic hydroxyl groups excluding tert-OH is 2. The highest BCUT2D eigenvalue weighted by atomic mass is 16.5. The van der Waals surface area contributed by atoms with E-state index in [0.717, 1.165) is 19.3 Å². The maximum absolute atomic E-state index is 13.3. The molecule has 3 N–H and O–H groups in total. The molecule has 2 aliphatic rings. The zero-order chi connectivity index (χ0) is 26.4. The van der Waals surface area contributed by atoms with Crippen LogP contribution in [0.4, 0.5) is 0 Å². The number of amides is 2. The lowest BCUT2D eigenvalue weighted by Crippen LogP contribution is -2.56. The number of hydrogen-bond acceptors (Lipinski definition) is 7. The molecule has 0 radical (unpaired) electrons. The number of unbranched alkanes of at least 4 members (excludes halogenated alkanes) is 1. The lowest BCUT2D eigenvalue weighted by molar-refractivity contribution is -0.137. The summed E-state index contributed by atoms with van der Waals surface area (Å²) in [6.45, 7) is 6.41. The van der Waals surface area contributed by atoms with Crippen molar-refractivity contribution in [3.8, 4) is 11.5 Å². The quantitative estimate of drug-likeness (QED) is 0.374. The fourth-order valence-corrected chi connectivity index (χ4v) is 4.87. The van der Waals surface area contributed by atoms with Gasteiger partial charge in [-0.2, -0.15) is 0 Å². The number of nitrogens with zero attached hydrogens (tertiary/aromatic N) is 1. The van der Waals surface area contributed by atoms with E-state index < -0.39 is 30.1 Å². The third-order valence-corrected chi connectivity index (χ3v) is 6.78. The molecule has 1 aliphatic heterocycles. The van der Waals surface area contributed by atoms with Crippen molar-refractivity contribution in [1.29, 1.82) is 0 Å². The number of fused-ring (bicyclic) bond motifs is 3. The van der Waals surface area contributed by atoms with Crippen molar-refractivity contribution < 1.29 is 34.1 Å². The third kappa shape index (κ3) is 5.73. The molecule has 2 amide bonds. The lowest BCUT2D eigenvalue weighted by Gasteiger charge is -2.41. The number of carbonyl (C=O) groups is 3. The molecule has 1 aromatic rings. The van der Waals surface area contributed by atoms with Gasteiger partial charge in [-0.1, -0.05) is 27.2 Å². The molecule has 0 bridgehead atoms. The SMILES string of the molecule is CCCCC(=O)N(CCC(C)C)C1C=C(C(=O)NCCO)C2c3cc(C=O)cc(OC)c3OC2C1O. The van der Waals surface area contributed by atoms with Crippen molar-refractivity contribution in [1.82, 2.24) is 10.2 Å². The Morgan fingerprint density at radius 2 is 2.06 bits per heavy atom. The van der Waals surface area contributed by atoms with Gasteiger partial charge in [-0.15, -0.1) is 0 Å². The second-order valence-corrected chi connectivity index (χ2v) is 9.78. The normalized spacial score (nSPS) is 22.2. The summed E-state index contributed by atoms with van der Waals surface area (Å²) in [6, 6.07) is 2.42. The van der Waals surface area contributed by atoms with Crippen molar-refractivity contribution in [3.63, 3.8) is 0 Å². The summed E-state index contributed by atoms with van der Waals surface area (Å²) in [6.07, 6.45) is 3.06. The van der Waals surface area contributed by atoms with Crippen molar-refractivity contribution in [2.75, 3.05) is 26.8 Å². The van der Waals surface area contributed by atoms with Crippen LogP contribution >= 0.6 is 0 Å². The van der Waals surface area contributed by atoms with Gasteiger partial charge in [0.15, 0.2) is 11.5 Å². The van der Waals surface area contributed by atoms with Crippen LogP contribution in [0.3, 0.4) is 0 Å². The van der Waals surface area contributed by atoms with Crippen LogP contribution in [0.15, 0.2) is 23.8 Å². The Hall–Kier alpha value is -2.91. The van der Waals surface area contributed by atoms with Crippen molar-refractivity contribution >= 4 is 18.1 Å². The van der Waals surface area contributed by atoms with Gasteiger partial charge in [0.05, 0.1) is 25.7 Å². The van der Waals surface area contributed by atoms with E-state index in [2.05, 4.69) is 19.2 Å². The zero-order valence-electron chi connectivity index (χ0n) is 21.5. The molecular formula is C27H38N2O7. The summed E-state index contributed by atoms with van der Waals surface area (Å²) < 4.78 is 11.6. The molecule has 198 valence electrons. The van der Waals surface area contributed by atoms with Gasteiger partial charge in [-0.3, -0.25) is 14.4 Å². The van der Waals surface area contributed by atoms with Crippen LogP contribution in [0.2, 0.25) is 0 Å². The summed E-state index contributed by atoms with van der Waals surface area (Å²) in [5.41, 5.74) is 1.25. The summed E-state index contributed by atoms with van der Waals surface area (Å²) in [5, 5.41) is 23.5. The molecule has 36 heavy (non-hydrogen) atoms. The predicted octanol–water partition coefficient (Wildman–Crippen LogP) is 2.20. The molecule has 1 aliphatic carbocycles. The number of hydrogen-bond donors (Lipinski definition) is 3.